The number of carboxylic acid groups (broad SMARTS) is 1. The van der Waals surface area contributed by atoms with Crippen LogP contribution in [-0.2, 0) is 4.79 Å². The molecule has 0 bridgehead atoms. The Balaban J connectivity index is 2.15. The predicted octanol–water partition coefficient (Wildman–Crippen LogP) is 4.33. The molecule has 116 valence electrons. The fourth-order valence-electron chi connectivity index (χ4n) is 2.87. The Morgan fingerprint density at radius 2 is 1.83 bits per heavy atom. The van der Waals surface area contributed by atoms with Gasteiger partial charge in [-0.2, -0.15) is 0 Å². The third kappa shape index (κ3) is 2.88. The van der Waals surface area contributed by atoms with Crippen LogP contribution in [-0.4, -0.2) is 16.2 Å². The minimum atomic E-state index is -0.920. The largest absolute Gasteiger partial charge is 0.508 e. The monoisotopic (exact) mass is 310 g/mol. The number of hydrogen-bond donors (Lipinski definition) is 2. The molecule has 2 aromatic rings. The van der Waals surface area contributed by atoms with Gasteiger partial charge in [-0.15, -0.1) is 0 Å². The number of phenolic OH excluding ortho intramolecular Hbond substituents is 1. The lowest BCUT2D eigenvalue weighted by Gasteiger charge is -2.05. The van der Waals surface area contributed by atoms with Crippen LogP contribution < -0.4 is 0 Å². The van der Waals surface area contributed by atoms with Crippen molar-refractivity contribution in [2.45, 2.75) is 13.3 Å². The van der Waals surface area contributed by atoms with E-state index in [0.717, 1.165) is 27.8 Å². The smallest absolute Gasteiger partial charge is 0.307 e. The number of phenols is 1. The van der Waals surface area contributed by atoms with Gasteiger partial charge in [0, 0.05) is 0 Å². The first-order valence-corrected chi connectivity index (χ1v) is 7.18. The molecule has 0 saturated carbocycles. The molecule has 1 aliphatic rings. The van der Waals surface area contributed by atoms with Gasteiger partial charge in [0.05, 0.1) is 6.42 Å². The molecule has 0 aromatic heterocycles. The highest BCUT2D eigenvalue weighted by Gasteiger charge is 2.25. The number of hydrogen-bond acceptors (Lipinski definition) is 2. The highest BCUT2D eigenvalue weighted by Crippen LogP contribution is 2.44. The summed E-state index contributed by atoms with van der Waals surface area (Å²) in [5.74, 6) is -1.12. The molecule has 4 heteroatoms. The Kier molecular flexibility index (Phi) is 3.74. The van der Waals surface area contributed by atoms with E-state index in [0.29, 0.717) is 5.57 Å². The van der Waals surface area contributed by atoms with Crippen LogP contribution in [0.1, 0.15) is 30.0 Å². The van der Waals surface area contributed by atoms with Crippen molar-refractivity contribution >= 4 is 23.2 Å². The van der Waals surface area contributed by atoms with Crippen LogP contribution in [0.5, 0.6) is 5.75 Å². The number of allylic oxidation sites excluding steroid dienone is 2. The quantitative estimate of drug-likeness (QED) is 0.887. The summed E-state index contributed by atoms with van der Waals surface area (Å²) < 4.78 is 13.0. The van der Waals surface area contributed by atoms with Crippen molar-refractivity contribution in [1.29, 1.82) is 0 Å². The summed E-state index contributed by atoms with van der Waals surface area (Å²) >= 11 is 0. The topological polar surface area (TPSA) is 57.5 Å². The zero-order valence-corrected chi connectivity index (χ0v) is 12.5. The van der Waals surface area contributed by atoms with E-state index in [1.54, 1.807) is 30.3 Å². The molecule has 23 heavy (non-hydrogen) atoms. The first-order chi connectivity index (χ1) is 11.0. The third-order valence-electron chi connectivity index (χ3n) is 3.98. The number of halogens is 1. The maximum absolute atomic E-state index is 13.0. The predicted molar refractivity (Wildman–Crippen MR) is 87.2 cm³/mol. The second-order valence-electron chi connectivity index (χ2n) is 5.51. The van der Waals surface area contributed by atoms with Gasteiger partial charge >= 0.3 is 5.97 Å². The molecule has 0 spiro atoms. The summed E-state index contributed by atoms with van der Waals surface area (Å²) in [5, 5.41) is 18.8. The highest BCUT2D eigenvalue weighted by molar-refractivity contribution is 6.07. The van der Waals surface area contributed by atoms with E-state index in [4.69, 9.17) is 5.11 Å². The van der Waals surface area contributed by atoms with E-state index in [9.17, 15) is 14.3 Å². The maximum Gasteiger partial charge on any atom is 0.307 e. The SMILES string of the molecule is CC1=C(CC(=O)O)c2cc(O)ccc2/C1=C\c1ccc(F)cc1. The Morgan fingerprint density at radius 1 is 1.13 bits per heavy atom. The molecule has 0 amide bonds. The average Bonchev–Trinajstić information content (AvgIpc) is 2.74. The molecule has 0 heterocycles. The molecule has 0 fully saturated rings. The minimum absolute atomic E-state index is 0.0995. The minimum Gasteiger partial charge on any atom is -0.508 e. The van der Waals surface area contributed by atoms with Gasteiger partial charge in [0.1, 0.15) is 11.6 Å². The Hall–Kier alpha value is -2.88. The van der Waals surface area contributed by atoms with Crippen molar-refractivity contribution in [3.8, 4) is 5.75 Å². The van der Waals surface area contributed by atoms with Crippen LogP contribution in [0, 0.1) is 5.82 Å². The molecule has 1 aliphatic carbocycles. The summed E-state index contributed by atoms with van der Waals surface area (Å²) in [4.78, 5) is 11.1. The van der Waals surface area contributed by atoms with Crippen LogP contribution in [0.15, 0.2) is 48.0 Å². The van der Waals surface area contributed by atoms with E-state index >= 15 is 0 Å². The fourth-order valence-corrected chi connectivity index (χ4v) is 2.87. The van der Waals surface area contributed by atoms with Gasteiger partial charge < -0.3 is 10.2 Å². The number of rotatable bonds is 3. The Bertz CT molecular complexity index is 845. The van der Waals surface area contributed by atoms with Gasteiger partial charge in [-0.25, -0.2) is 4.39 Å². The fraction of sp³-hybridized carbons (Fsp3) is 0.105. The molecule has 0 aliphatic heterocycles. The van der Waals surface area contributed by atoms with Crippen LogP contribution in [0.2, 0.25) is 0 Å². The van der Waals surface area contributed by atoms with Crippen molar-refractivity contribution in [3.63, 3.8) is 0 Å². The summed E-state index contributed by atoms with van der Waals surface area (Å²) in [6.07, 6.45) is 1.79. The van der Waals surface area contributed by atoms with Crippen molar-refractivity contribution in [2.75, 3.05) is 0 Å². The molecule has 3 nitrogen and oxygen atoms in total. The van der Waals surface area contributed by atoms with Crippen molar-refractivity contribution < 1.29 is 19.4 Å². The lowest BCUT2D eigenvalue weighted by molar-refractivity contribution is -0.135. The van der Waals surface area contributed by atoms with Crippen molar-refractivity contribution in [1.82, 2.24) is 0 Å². The van der Waals surface area contributed by atoms with E-state index in [1.807, 2.05) is 13.0 Å². The second-order valence-corrected chi connectivity index (χ2v) is 5.51. The average molecular weight is 310 g/mol. The summed E-state index contributed by atoms with van der Waals surface area (Å²) in [5.41, 5.74) is 4.88. The third-order valence-corrected chi connectivity index (χ3v) is 3.98. The van der Waals surface area contributed by atoms with E-state index in [-0.39, 0.29) is 18.0 Å². The number of aliphatic carboxylic acids is 1. The van der Waals surface area contributed by atoms with Gasteiger partial charge in [0.15, 0.2) is 0 Å². The van der Waals surface area contributed by atoms with E-state index in [2.05, 4.69) is 0 Å². The van der Waals surface area contributed by atoms with Gasteiger partial charge in [-0.3, -0.25) is 4.79 Å². The van der Waals surface area contributed by atoms with Gasteiger partial charge in [-0.05, 0) is 70.7 Å². The molecule has 0 unspecified atom stereocenters. The van der Waals surface area contributed by atoms with Gasteiger partial charge in [0.2, 0.25) is 0 Å². The van der Waals surface area contributed by atoms with Gasteiger partial charge in [0.25, 0.3) is 0 Å². The normalized spacial score (nSPS) is 15.1. The molecule has 0 radical (unpaired) electrons. The zero-order valence-electron chi connectivity index (χ0n) is 12.5. The summed E-state index contributed by atoms with van der Waals surface area (Å²) in [7, 11) is 0. The number of carbonyl (C=O) groups is 1. The lowest BCUT2D eigenvalue weighted by Crippen LogP contribution is -1.96. The molecule has 0 atom stereocenters. The molecule has 3 rings (SSSR count). The van der Waals surface area contributed by atoms with E-state index < -0.39 is 5.97 Å². The standard InChI is InChI=1S/C19H15FO3/c1-11-16(8-12-2-4-13(20)5-3-12)15-7-6-14(21)9-18(15)17(11)10-19(22)23/h2-9,21H,10H2,1H3,(H,22,23)/b16-8-. The zero-order chi connectivity index (χ0) is 16.6. The Morgan fingerprint density at radius 3 is 2.48 bits per heavy atom. The first kappa shape index (κ1) is 15.0. The molecule has 2 N–H and O–H groups in total. The first-order valence-electron chi connectivity index (χ1n) is 7.18. The number of fused-ring (bicyclic) bond motifs is 1. The maximum atomic E-state index is 13.0. The van der Waals surface area contributed by atoms with Gasteiger partial charge in [-0.1, -0.05) is 18.2 Å². The molecule has 0 saturated heterocycles. The second kappa shape index (κ2) is 5.72. The summed E-state index contributed by atoms with van der Waals surface area (Å²) in [6, 6.07) is 11.1. The van der Waals surface area contributed by atoms with Crippen LogP contribution in [0.3, 0.4) is 0 Å². The van der Waals surface area contributed by atoms with Crippen LogP contribution in [0.4, 0.5) is 4.39 Å². The number of benzene rings is 2. The van der Waals surface area contributed by atoms with Crippen molar-refractivity contribution in [2.24, 2.45) is 0 Å². The van der Waals surface area contributed by atoms with E-state index in [1.165, 1.54) is 12.1 Å². The number of aromatic hydroxyl groups is 1. The van der Waals surface area contributed by atoms with Crippen LogP contribution >= 0.6 is 0 Å². The Labute approximate surface area is 133 Å². The molecular weight excluding hydrogens is 295 g/mol. The highest BCUT2D eigenvalue weighted by atomic mass is 19.1. The molecule has 2 aromatic carbocycles. The van der Waals surface area contributed by atoms with Crippen LogP contribution in [0.25, 0.3) is 17.2 Å². The lowest BCUT2D eigenvalue weighted by atomic mass is 10.0. The molecular formula is C19H15FO3. The number of carboxylic acids is 1. The van der Waals surface area contributed by atoms with Crippen molar-refractivity contribution in [3.05, 3.63) is 70.5 Å². The summed E-state index contributed by atoms with van der Waals surface area (Å²) in [6.45, 7) is 1.87.